The van der Waals surface area contributed by atoms with E-state index in [1.807, 2.05) is 12.1 Å². The van der Waals surface area contributed by atoms with Crippen LogP contribution in [0.4, 0.5) is 5.69 Å². The van der Waals surface area contributed by atoms with Crippen LogP contribution in [-0.4, -0.2) is 57.7 Å². The predicted octanol–water partition coefficient (Wildman–Crippen LogP) is 3.55. The first-order chi connectivity index (χ1) is 18.8. The number of piperidine rings is 1. The van der Waals surface area contributed by atoms with Crippen LogP contribution >= 0.6 is 0 Å². The molecule has 0 saturated carbocycles. The predicted molar refractivity (Wildman–Crippen MR) is 143 cm³/mol. The first-order valence-electron chi connectivity index (χ1n) is 13.0. The van der Waals surface area contributed by atoms with Crippen LogP contribution in [0.15, 0.2) is 54.9 Å². The Morgan fingerprint density at radius 1 is 1.03 bits per heavy atom. The zero-order valence-corrected chi connectivity index (χ0v) is 21.8. The lowest BCUT2D eigenvalue weighted by Gasteiger charge is -2.27. The van der Waals surface area contributed by atoms with E-state index in [0.717, 1.165) is 10.5 Å². The molecule has 1 fully saturated rings. The summed E-state index contributed by atoms with van der Waals surface area (Å²) in [5, 5.41) is 5.41. The van der Waals surface area contributed by atoms with Crippen LogP contribution in [0.1, 0.15) is 65.3 Å². The monoisotopic (exact) mass is 527 g/mol. The Hall–Kier alpha value is -4.60. The van der Waals surface area contributed by atoms with Crippen LogP contribution < -0.4 is 15.4 Å². The molecule has 0 spiro atoms. The number of benzene rings is 2. The molecule has 0 radical (unpaired) electrons. The summed E-state index contributed by atoms with van der Waals surface area (Å²) >= 11 is 0. The summed E-state index contributed by atoms with van der Waals surface area (Å²) in [5.74, 6) is -0.467. The van der Waals surface area contributed by atoms with E-state index < -0.39 is 29.7 Å². The van der Waals surface area contributed by atoms with Crippen molar-refractivity contribution in [1.82, 2.24) is 20.2 Å². The van der Waals surface area contributed by atoms with Gasteiger partial charge < -0.3 is 10.1 Å². The number of carbonyl (C=O) groups is 4. The lowest BCUT2D eigenvalue weighted by molar-refractivity contribution is -0.136. The Morgan fingerprint density at radius 2 is 1.77 bits per heavy atom. The fourth-order valence-corrected chi connectivity index (χ4v) is 4.70. The SMILES string of the molecule is CC(C)c1ccc(-c2ncc(OCCCNc3cccc4c3C(=O)N(C3CCC(=O)NC3=O)C4=O)cn2)cc1. The van der Waals surface area contributed by atoms with Crippen molar-refractivity contribution in [3.63, 3.8) is 0 Å². The molecule has 10 nitrogen and oxygen atoms in total. The first kappa shape index (κ1) is 26.0. The summed E-state index contributed by atoms with van der Waals surface area (Å²) in [7, 11) is 0. The number of amides is 4. The fourth-order valence-electron chi connectivity index (χ4n) is 4.70. The topological polar surface area (TPSA) is 131 Å². The summed E-state index contributed by atoms with van der Waals surface area (Å²) in [6, 6.07) is 12.2. The molecule has 4 amide bonds. The Bertz CT molecular complexity index is 1420. The van der Waals surface area contributed by atoms with Crippen LogP contribution in [0.2, 0.25) is 0 Å². The first-order valence-corrected chi connectivity index (χ1v) is 13.0. The number of anilines is 1. The van der Waals surface area contributed by atoms with Crippen LogP contribution in [0.5, 0.6) is 5.75 Å². The lowest BCUT2D eigenvalue weighted by Crippen LogP contribution is -2.54. The summed E-state index contributed by atoms with van der Waals surface area (Å²) in [6.07, 6.45) is 4.09. The molecular formula is C29H29N5O5. The number of ether oxygens (including phenoxy) is 1. The average Bonchev–Trinajstić information content (AvgIpc) is 3.19. The van der Waals surface area contributed by atoms with Gasteiger partial charge in [-0.25, -0.2) is 9.97 Å². The van der Waals surface area contributed by atoms with Gasteiger partial charge in [0.1, 0.15) is 6.04 Å². The minimum absolute atomic E-state index is 0.0775. The van der Waals surface area contributed by atoms with Crippen molar-refractivity contribution in [2.75, 3.05) is 18.5 Å². The molecule has 39 heavy (non-hydrogen) atoms. The summed E-state index contributed by atoms with van der Waals surface area (Å²) in [5.41, 5.74) is 3.18. The molecule has 2 aromatic carbocycles. The van der Waals surface area contributed by atoms with Crippen LogP contribution in [0.25, 0.3) is 11.4 Å². The van der Waals surface area contributed by atoms with E-state index in [1.165, 1.54) is 5.56 Å². The second kappa shape index (κ2) is 11.0. The van der Waals surface area contributed by atoms with Gasteiger partial charge in [0.2, 0.25) is 11.8 Å². The molecule has 0 aliphatic carbocycles. The van der Waals surface area contributed by atoms with Gasteiger partial charge in [-0.05, 0) is 36.5 Å². The van der Waals surface area contributed by atoms with Crippen molar-refractivity contribution < 1.29 is 23.9 Å². The highest BCUT2D eigenvalue weighted by molar-refractivity contribution is 6.25. The number of carbonyl (C=O) groups excluding carboxylic acids is 4. The van der Waals surface area contributed by atoms with Crippen molar-refractivity contribution in [3.05, 3.63) is 71.5 Å². The number of rotatable bonds is 9. The molecule has 0 bridgehead atoms. The molecule has 2 N–H and O–H groups in total. The van der Waals surface area contributed by atoms with Gasteiger partial charge in [0.15, 0.2) is 11.6 Å². The number of hydrogen-bond donors (Lipinski definition) is 2. The van der Waals surface area contributed by atoms with Crippen LogP contribution in [0, 0.1) is 0 Å². The molecule has 1 aromatic heterocycles. The third-order valence-corrected chi connectivity index (χ3v) is 6.84. The van der Waals surface area contributed by atoms with Crippen molar-refractivity contribution in [1.29, 1.82) is 0 Å². The largest absolute Gasteiger partial charge is 0.490 e. The minimum atomic E-state index is -0.996. The normalized spacial score (nSPS) is 16.9. The third kappa shape index (κ3) is 5.36. The summed E-state index contributed by atoms with van der Waals surface area (Å²) in [4.78, 5) is 59.7. The summed E-state index contributed by atoms with van der Waals surface area (Å²) in [6.45, 7) is 5.18. The van der Waals surface area contributed by atoms with Gasteiger partial charge in [-0.1, -0.05) is 44.2 Å². The maximum absolute atomic E-state index is 13.2. The average molecular weight is 528 g/mol. The number of hydrogen-bond acceptors (Lipinski definition) is 8. The second-order valence-corrected chi connectivity index (χ2v) is 9.82. The van der Waals surface area contributed by atoms with Gasteiger partial charge >= 0.3 is 0 Å². The minimum Gasteiger partial charge on any atom is -0.490 e. The Kier molecular flexibility index (Phi) is 7.36. The smallest absolute Gasteiger partial charge is 0.264 e. The Labute approximate surface area is 225 Å². The molecule has 3 heterocycles. The standard InChI is InChI=1S/C29H29N5O5/c1-17(2)18-7-9-19(10-8-18)26-31-15-20(16-32-26)39-14-4-13-30-22-6-3-5-21-25(22)29(38)34(28(21)37)23-11-12-24(35)33-27(23)36/h3,5-10,15-17,23,30H,4,11-14H2,1-2H3,(H,33,35,36). The molecule has 1 unspecified atom stereocenters. The number of fused-ring (bicyclic) bond motifs is 1. The van der Waals surface area contributed by atoms with Crippen molar-refractivity contribution >= 4 is 29.3 Å². The highest BCUT2D eigenvalue weighted by Crippen LogP contribution is 2.32. The Morgan fingerprint density at radius 3 is 2.46 bits per heavy atom. The quantitative estimate of drug-likeness (QED) is 0.319. The van der Waals surface area contributed by atoms with Gasteiger partial charge in [-0.2, -0.15) is 0 Å². The van der Waals surface area contributed by atoms with Gasteiger partial charge in [0, 0.05) is 24.2 Å². The molecule has 200 valence electrons. The van der Waals surface area contributed by atoms with Crippen LogP contribution in [0.3, 0.4) is 0 Å². The number of imide groups is 2. The molecular weight excluding hydrogens is 498 g/mol. The second-order valence-electron chi connectivity index (χ2n) is 9.82. The molecule has 2 aliphatic rings. The maximum atomic E-state index is 13.2. The summed E-state index contributed by atoms with van der Waals surface area (Å²) < 4.78 is 5.77. The number of nitrogens with one attached hydrogen (secondary N) is 2. The maximum Gasteiger partial charge on any atom is 0.264 e. The van der Waals surface area contributed by atoms with E-state index in [1.54, 1.807) is 30.6 Å². The molecule has 10 heteroatoms. The van der Waals surface area contributed by atoms with Crippen molar-refractivity contribution in [2.45, 2.75) is 45.1 Å². The molecule has 2 aliphatic heterocycles. The van der Waals surface area contributed by atoms with E-state index >= 15 is 0 Å². The zero-order valence-electron chi connectivity index (χ0n) is 21.8. The van der Waals surface area contributed by atoms with Crippen LogP contribution in [-0.2, 0) is 9.59 Å². The van der Waals surface area contributed by atoms with Gasteiger partial charge in [-0.15, -0.1) is 0 Å². The highest BCUT2D eigenvalue weighted by atomic mass is 16.5. The molecule has 5 rings (SSSR count). The van der Waals surface area contributed by atoms with E-state index in [-0.39, 0.29) is 24.0 Å². The van der Waals surface area contributed by atoms with Gasteiger partial charge in [0.05, 0.1) is 30.1 Å². The molecule has 3 aromatic rings. The van der Waals surface area contributed by atoms with E-state index in [0.29, 0.717) is 42.8 Å². The van der Waals surface area contributed by atoms with Gasteiger partial charge in [0.25, 0.3) is 11.8 Å². The zero-order chi connectivity index (χ0) is 27.5. The molecule has 1 atom stereocenters. The third-order valence-electron chi connectivity index (χ3n) is 6.84. The highest BCUT2D eigenvalue weighted by Gasteiger charge is 2.45. The fraction of sp³-hybridized carbons (Fsp3) is 0.310. The van der Waals surface area contributed by atoms with Crippen molar-refractivity contribution in [2.24, 2.45) is 0 Å². The van der Waals surface area contributed by atoms with E-state index in [2.05, 4.69) is 46.6 Å². The Balaban J connectivity index is 1.14. The van der Waals surface area contributed by atoms with Gasteiger partial charge in [-0.3, -0.25) is 29.4 Å². The van der Waals surface area contributed by atoms with E-state index in [4.69, 9.17) is 4.74 Å². The number of nitrogens with zero attached hydrogens (tertiary/aromatic N) is 3. The molecule has 1 saturated heterocycles. The lowest BCUT2D eigenvalue weighted by atomic mass is 10.0. The number of aromatic nitrogens is 2. The van der Waals surface area contributed by atoms with Crippen molar-refractivity contribution in [3.8, 4) is 17.1 Å². The van der Waals surface area contributed by atoms with E-state index in [9.17, 15) is 19.2 Å².